The van der Waals surface area contributed by atoms with Crippen molar-refractivity contribution in [2.45, 2.75) is 115 Å². The zero-order chi connectivity index (χ0) is 26.3. The summed E-state index contributed by atoms with van der Waals surface area (Å²) in [5.41, 5.74) is -0.431. The van der Waals surface area contributed by atoms with E-state index in [1.165, 1.54) is 0 Å². The highest BCUT2D eigenvalue weighted by atomic mass is 32.2. The molecule has 0 aromatic carbocycles. The van der Waals surface area contributed by atoms with Crippen molar-refractivity contribution in [3.05, 3.63) is 0 Å². The number of fused-ring (bicyclic) bond motifs is 1. The van der Waals surface area contributed by atoms with Crippen LogP contribution in [-0.4, -0.2) is 68.5 Å². The van der Waals surface area contributed by atoms with Crippen LogP contribution in [0.1, 0.15) is 87.5 Å². The van der Waals surface area contributed by atoms with E-state index in [9.17, 15) is 19.5 Å². The molecule has 3 rings (SSSR count). The highest BCUT2D eigenvalue weighted by Crippen LogP contribution is 2.66. The van der Waals surface area contributed by atoms with Gasteiger partial charge >= 0.3 is 0 Å². The van der Waals surface area contributed by atoms with E-state index in [4.69, 9.17) is 0 Å². The number of aliphatic hydroxyl groups excluding tert-OH is 1. The van der Waals surface area contributed by atoms with Crippen LogP contribution in [0.25, 0.3) is 0 Å². The summed E-state index contributed by atoms with van der Waals surface area (Å²) in [6.45, 7) is 17.0. The van der Waals surface area contributed by atoms with Crippen LogP contribution >= 0.6 is 11.8 Å². The molecule has 7 atom stereocenters. The van der Waals surface area contributed by atoms with Crippen LogP contribution in [0, 0.1) is 23.2 Å². The molecular formula is C27H47N3O4S. The Hall–Kier alpha value is -1.28. The van der Waals surface area contributed by atoms with Gasteiger partial charge in [0.15, 0.2) is 0 Å². The van der Waals surface area contributed by atoms with Gasteiger partial charge in [-0.3, -0.25) is 14.4 Å². The average Bonchev–Trinajstić information content (AvgIpc) is 3.38. The molecule has 2 unspecified atom stereocenters. The van der Waals surface area contributed by atoms with Crippen LogP contribution in [0.2, 0.25) is 0 Å². The quantitative estimate of drug-likeness (QED) is 0.420. The number of aliphatic hydroxyl groups is 1. The first kappa shape index (κ1) is 28.3. The summed E-state index contributed by atoms with van der Waals surface area (Å²) in [5, 5.41) is 16.8. The molecule has 1 spiro atoms. The van der Waals surface area contributed by atoms with Gasteiger partial charge < -0.3 is 20.6 Å². The molecule has 0 aromatic heterocycles. The molecule has 3 aliphatic rings. The van der Waals surface area contributed by atoms with Gasteiger partial charge in [-0.15, -0.1) is 11.8 Å². The van der Waals surface area contributed by atoms with Crippen molar-refractivity contribution in [2.24, 2.45) is 23.2 Å². The topological polar surface area (TPSA) is 98.7 Å². The molecule has 200 valence electrons. The van der Waals surface area contributed by atoms with E-state index in [1.54, 1.807) is 16.7 Å². The molecule has 8 heteroatoms. The van der Waals surface area contributed by atoms with Crippen molar-refractivity contribution in [3.8, 4) is 0 Å². The average molecular weight is 510 g/mol. The predicted octanol–water partition coefficient (Wildman–Crippen LogP) is 3.34. The molecule has 3 aliphatic heterocycles. The lowest BCUT2D eigenvalue weighted by atomic mass is 9.70. The van der Waals surface area contributed by atoms with Gasteiger partial charge in [-0.25, -0.2) is 0 Å². The van der Waals surface area contributed by atoms with Crippen molar-refractivity contribution in [1.29, 1.82) is 0 Å². The summed E-state index contributed by atoms with van der Waals surface area (Å²) >= 11 is 1.68. The van der Waals surface area contributed by atoms with E-state index >= 15 is 0 Å². The minimum absolute atomic E-state index is 0.0240. The van der Waals surface area contributed by atoms with Gasteiger partial charge in [0.05, 0.1) is 29.2 Å². The van der Waals surface area contributed by atoms with Crippen molar-refractivity contribution >= 4 is 29.5 Å². The Kier molecular flexibility index (Phi) is 8.27. The normalized spacial score (nSPS) is 31.9. The Balaban J connectivity index is 2.03. The van der Waals surface area contributed by atoms with Crippen LogP contribution in [0.15, 0.2) is 0 Å². The molecule has 0 aliphatic carbocycles. The molecule has 3 heterocycles. The molecule has 3 amide bonds. The lowest BCUT2D eigenvalue weighted by molar-refractivity contribution is -0.144. The first-order valence-electron chi connectivity index (χ1n) is 13.4. The van der Waals surface area contributed by atoms with E-state index in [-0.39, 0.29) is 40.9 Å². The maximum atomic E-state index is 14.1. The SMILES string of the molecule is CCCNC(=O)[C@@H]1[C@H]2C(=O)N([C@@H](CO)[C@@H](C)CC)C(C(=O)NC(C)(C)CC(C)(C)C)C23CC[C@H]1S3. The van der Waals surface area contributed by atoms with Gasteiger partial charge in [-0.1, -0.05) is 48.0 Å². The number of nitrogens with one attached hydrogen (secondary N) is 2. The smallest absolute Gasteiger partial charge is 0.244 e. The number of hydrogen-bond acceptors (Lipinski definition) is 5. The lowest BCUT2D eigenvalue weighted by Crippen LogP contribution is -2.61. The summed E-state index contributed by atoms with van der Waals surface area (Å²) in [5.74, 6) is -1.27. The third-order valence-electron chi connectivity index (χ3n) is 8.12. The molecule has 3 fully saturated rings. The van der Waals surface area contributed by atoms with Gasteiger partial charge in [0.1, 0.15) is 6.04 Å². The molecule has 2 bridgehead atoms. The third-order valence-corrected chi connectivity index (χ3v) is 10.1. The Bertz CT molecular complexity index is 826. The van der Waals surface area contributed by atoms with E-state index in [0.29, 0.717) is 6.54 Å². The highest BCUT2D eigenvalue weighted by Gasteiger charge is 2.74. The number of likely N-dealkylation sites (tertiary alicyclic amines) is 1. The standard InChI is InChI=1S/C27H47N3O4S/c1-9-13-28-22(32)19-18-11-12-27(35-18)20(19)24(34)30(17(14-31)16(3)10-2)21(27)23(33)29-26(7,8)15-25(4,5)6/h16-21,31H,9-15H2,1-8H3,(H,28,32)(H,29,33)/t16-,17-,18+,19-,20-,21?,27?/m0/s1. The molecule has 3 saturated heterocycles. The summed E-state index contributed by atoms with van der Waals surface area (Å²) in [4.78, 5) is 43.2. The number of carbonyl (C=O) groups is 3. The van der Waals surface area contributed by atoms with Crippen LogP contribution in [0.5, 0.6) is 0 Å². The van der Waals surface area contributed by atoms with Crippen molar-refractivity contribution < 1.29 is 19.5 Å². The number of thioether (sulfide) groups is 1. The minimum Gasteiger partial charge on any atom is -0.394 e. The zero-order valence-corrected chi connectivity index (χ0v) is 23.8. The summed E-state index contributed by atoms with van der Waals surface area (Å²) in [7, 11) is 0. The first-order chi connectivity index (χ1) is 16.2. The second kappa shape index (κ2) is 10.2. The van der Waals surface area contributed by atoms with Gasteiger partial charge in [0.2, 0.25) is 17.7 Å². The lowest BCUT2D eigenvalue weighted by Gasteiger charge is -2.41. The zero-order valence-electron chi connectivity index (χ0n) is 22.9. The molecule has 0 saturated carbocycles. The predicted molar refractivity (Wildman–Crippen MR) is 141 cm³/mol. The van der Waals surface area contributed by atoms with Crippen LogP contribution in [0.4, 0.5) is 0 Å². The van der Waals surface area contributed by atoms with Gasteiger partial charge in [-0.05, 0) is 50.9 Å². The number of amides is 3. The molecule has 0 radical (unpaired) electrons. The maximum absolute atomic E-state index is 14.1. The second-order valence-electron chi connectivity index (χ2n) is 12.8. The number of nitrogens with zero attached hydrogens (tertiary/aromatic N) is 1. The Morgan fingerprint density at radius 2 is 1.86 bits per heavy atom. The summed E-state index contributed by atoms with van der Waals surface area (Å²) < 4.78 is -0.626. The fraction of sp³-hybridized carbons (Fsp3) is 0.889. The second-order valence-corrected chi connectivity index (χ2v) is 14.4. The van der Waals surface area contributed by atoms with E-state index in [2.05, 4.69) is 31.4 Å². The summed E-state index contributed by atoms with van der Waals surface area (Å²) in [6, 6.07) is -1.14. The monoisotopic (exact) mass is 509 g/mol. The van der Waals surface area contributed by atoms with Crippen molar-refractivity contribution in [1.82, 2.24) is 15.5 Å². The Labute approximate surface area is 215 Å². The minimum atomic E-state index is -0.690. The molecule has 3 N–H and O–H groups in total. The number of rotatable bonds is 10. The van der Waals surface area contributed by atoms with Gasteiger partial charge in [0.25, 0.3) is 0 Å². The fourth-order valence-electron chi connectivity index (χ4n) is 7.00. The van der Waals surface area contributed by atoms with E-state index < -0.39 is 34.2 Å². The van der Waals surface area contributed by atoms with Crippen LogP contribution in [-0.2, 0) is 14.4 Å². The molecule has 0 aromatic rings. The Morgan fingerprint density at radius 3 is 2.40 bits per heavy atom. The van der Waals surface area contributed by atoms with Crippen molar-refractivity contribution in [2.75, 3.05) is 13.2 Å². The first-order valence-corrected chi connectivity index (χ1v) is 14.3. The number of carbonyl (C=O) groups excluding carboxylic acids is 3. The van der Waals surface area contributed by atoms with E-state index in [1.807, 2.05) is 34.6 Å². The fourth-order valence-corrected chi connectivity index (χ4v) is 9.21. The molecular weight excluding hydrogens is 462 g/mol. The van der Waals surface area contributed by atoms with Gasteiger partial charge in [0, 0.05) is 17.3 Å². The van der Waals surface area contributed by atoms with Gasteiger partial charge in [-0.2, -0.15) is 0 Å². The van der Waals surface area contributed by atoms with Crippen LogP contribution in [0.3, 0.4) is 0 Å². The van der Waals surface area contributed by atoms with E-state index in [0.717, 1.165) is 32.1 Å². The molecule has 7 nitrogen and oxygen atoms in total. The number of hydrogen-bond donors (Lipinski definition) is 3. The third kappa shape index (κ3) is 5.25. The summed E-state index contributed by atoms with van der Waals surface area (Å²) in [6.07, 6.45) is 3.97. The van der Waals surface area contributed by atoms with Crippen LogP contribution < -0.4 is 10.6 Å². The molecule has 35 heavy (non-hydrogen) atoms. The largest absolute Gasteiger partial charge is 0.394 e. The maximum Gasteiger partial charge on any atom is 0.244 e. The van der Waals surface area contributed by atoms with Crippen molar-refractivity contribution in [3.63, 3.8) is 0 Å². The highest BCUT2D eigenvalue weighted by molar-refractivity contribution is 8.02. The Morgan fingerprint density at radius 1 is 1.20 bits per heavy atom.